The second-order valence-corrected chi connectivity index (χ2v) is 9.72. The van der Waals surface area contributed by atoms with Gasteiger partial charge in [-0.3, -0.25) is 0 Å². The molecule has 0 nitrogen and oxygen atoms in total. The van der Waals surface area contributed by atoms with Gasteiger partial charge in [0, 0.05) is 0 Å². The normalized spacial score (nSPS) is 9.86. The summed E-state index contributed by atoms with van der Waals surface area (Å²) in [6.45, 7) is 0. The van der Waals surface area contributed by atoms with E-state index in [0.29, 0.717) is 0 Å². The molecule has 0 aliphatic heterocycles. The Morgan fingerprint density at radius 3 is 1.29 bits per heavy atom. The predicted molar refractivity (Wildman–Crippen MR) is 121 cm³/mol. The molecule has 0 aromatic heterocycles. The van der Waals surface area contributed by atoms with Gasteiger partial charge in [0.25, 0.3) is 0 Å². The van der Waals surface area contributed by atoms with E-state index in [0.717, 1.165) is 11.1 Å². The van der Waals surface area contributed by atoms with E-state index in [1.54, 1.807) is 0 Å². The molecule has 0 aliphatic carbocycles. The summed E-state index contributed by atoms with van der Waals surface area (Å²) in [5.74, 6) is 6.77. The Bertz CT molecular complexity index is 1110. The Morgan fingerprint density at radius 1 is 0.464 bits per heavy atom. The van der Waals surface area contributed by atoms with Gasteiger partial charge >= 0.3 is 179 Å². The van der Waals surface area contributed by atoms with Crippen LogP contribution in [0.1, 0.15) is 11.1 Å². The summed E-state index contributed by atoms with van der Waals surface area (Å²) in [7, 11) is 0. The fourth-order valence-electron chi connectivity index (χ4n) is 2.70. The van der Waals surface area contributed by atoms with Crippen molar-refractivity contribution in [2.45, 2.75) is 0 Å². The first-order valence-corrected chi connectivity index (χ1v) is 12.3. The van der Waals surface area contributed by atoms with E-state index in [1.165, 1.54) is 19.7 Å². The van der Waals surface area contributed by atoms with Gasteiger partial charge in [-0.15, -0.1) is 0 Å². The van der Waals surface area contributed by atoms with Crippen LogP contribution in [-0.2, 0) is 0 Å². The van der Waals surface area contributed by atoms with E-state index in [2.05, 4.69) is 106 Å². The number of hydrogen-bond acceptors (Lipinski definition) is 0. The Kier molecular flexibility index (Phi) is 6.32. The molecular weight excluding hydrogens is 470 g/mol. The minimum absolute atomic E-state index is 0.144. The Labute approximate surface area is 178 Å². The van der Waals surface area contributed by atoms with E-state index in [4.69, 9.17) is 0 Å². The van der Waals surface area contributed by atoms with Crippen molar-refractivity contribution >= 4 is 49.6 Å². The molecule has 0 unspecified atom stereocenters. The standard InChI is InChI=1S/C26H16Se2/c1-3-11-25(12-4-1)27-17-15-23-19-21-9-7-8-10-22(21)20-24(23)16-18-28-26-13-5-2-6-14-26/h1-14,19-20H. The molecule has 0 spiro atoms. The molecule has 0 fully saturated rings. The van der Waals surface area contributed by atoms with Gasteiger partial charge in [-0.05, 0) is 0 Å². The maximum atomic E-state index is 3.38. The molecule has 0 atom stereocenters. The monoisotopic (exact) mass is 488 g/mol. The van der Waals surface area contributed by atoms with Crippen molar-refractivity contribution in [3.8, 4) is 21.5 Å². The number of fused-ring (bicyclic) bond motifs is 1. The molecule has 0 N–H and O–H groups in total. The summed E-state index contributed by atoms with van der Waals surface area (Å²) in [5.41, 5.74) is 2.04. The summed E-state index contributed by atoms with van der Waals surface area (Å²) < 4.78 is 2.59. The van der Waals surface area contributed by atoms with Crippen molar-refractivity contribution in [1.29, 1.82) is 0 Å². The van der Waals surface area contributed by atoms with Crippen molar-refractivity contribution < 1.29 is 0 Å². The van der Waals surface area contributed by atoms with Crippen LogP contribution in [-0.4, -0.2) is 29.9 Å². The first-order valence-electron chi connectivity index (χ1n) is 8.87. The molecule has 4 rings (SSSR count). The van der Waals surface area contributed by atoms with E-state index in [-0.39, 0.29) is 29.9 Å². The van der Waals surface area contributed by atoms with Crippen molar-refractivity contribution in [1.82, 2.24) is 0 Å². The summed E-state index contributed by atoms with van der Waals surface area (Å²) in [6.07, 6.45) is 0. The molecule has 4 aromatic carbocycles. The molecule has 0 saturated carbocycles. The third-order valence-corrected chi connectivity index (χ3v) is 7.07. The Hall–Kier alpha value is -2.70. The Balaban J connectivity index is 1.65. The third-order valence-electron chi connectivity index (χ3n) is 4.08. The quantitative estimate of drug-likeness (QED) is 0.301. The van der Waals surface area contributed by atoms with Crippen LogP contribution in [0, 0.1) is 21.5 Å². The molecule has 0 saturated heterocycles. The van der Waals surface area contributed by atoms with Crippen LogP contribution in [0.4, 0.5) is 0 Å². The van der Waals surface area contributed by atoms with Crippen LogP contribution in [0.5, 0.6) is 0 Å². The van der Waals surface area contributed by atoms with Crippen LogP contribution < -0.4 is 8.92 Å². The van der Waals surface area contributed by atoms with E-state index in [1.807, 2.05) is 12.1 Å². The average molecular weight is 486 g/mol. The fraction of sp³-hybridized carbons (Fsp3) is 0. The van der Waals surface area contributed by atoms with Crippen LogP contribution in [0.2, 0.25) is 0 Å². The molecule has 28 heavy (non-hydrogen) atoms. The zero-order valence-corrected chi connectivity index (χ0v) is 18.5. The van der Waals surface area contributed by atoms with Gasteiger partial charge in [0.05, 0.1) is 0 Å². The van der Waals surface area contributed by atoms with Crippen LogP contribution in [0.25, 0.3) is 10.8 Å². The zero-order valence-electron chi connectivity index (χ0n) is 15.1. The van der Waals surface area contributed by atoms with Gasteiger partial charge in [-0.25, -0.2) is 0 Å². The maximum absolute atomic E-state index is 3.38. The number of benzene rings is 4. The molecule has 0 heterocycles. The van der Waals surface area contributed by atoms with Gasteiger partial charge in [-0.2, -0.15) is 0 Å². The van der Waals surface area contributed by atoms with E-state index >= 15 is 0 Å². The molecule has 0 aliphatic rings. The van der Waals surface area contributed by atoms with E-state index < -0.39 is 0 Å². The molecule has 2 heteroatoms. The summed E-state index contributed by atoms with van der Waals surface area (Å²) in [5, 5.41) is 2.41. The average Bonchev–Trinajstić information content (AvgIpc) is 2.75. The first kappa shape index (κ1) is 18.7. The summed E-state index contributed by atoms with van der Waals surface area (Å²) in [4.78, 5) is 6.76. The van der Waals surface area contributed by atoms with Crippen molar-refractivity contribution in [3.63, 3.8) is 0 Å². The van der Waals surface area contributed by atoms with Crippen molar-refractivity contribution in [2.75, 3.05) is 0 Å². The summed E-state index contributed by atoms with van der Waals surface area (Å²) in [6, 6.07) is 33.6. The second-order valence-electron chi connectivity index (χ2n) is 6.03. The Morgan fingerprint density at radius 2 is 0.857 bits per heavy atom. The molecule has 4 aromatic rings. The van der Waals surface area contributed by atoms with Gasteiger partial charge < -0.3 is 0 Å². The molecule has 0 amide bonds. The predicted octanol–water partition coefficient (Wildman–Crippen LogP) is 3.52. The zero-order chi connectivity index (χ0) is 19.0. The van der Waals surface area contributed by atoms with Gasteiger partial charge in [0.2, 0.25) is 0 Å². The molecule has 132 valence electrons. The van der Waals surface area contributed by atoms with Crippen LogP contribution in [0.3, 0.4) is 0 Å². The van der Waals surface area contributed by atoms with E-state index in [9.17, 15) is 0 Å². The second kappa shape index (κ2) is 9.48. The fourth-order valence-corrected chi connectivity index (χ4v) is 5.10. The third kappa shape index (κ3) is 4.97. The minimum atomic E-state index is 0.144. The van der Waals surface area contributed by atoms with Gasteiger partial charge in [0.1, 0.15) is 0 Å². The van der Waals surface area contributed by atoms with Crippen LogP contribution >= 0.6 is 0 Å². The van der Waals surface area contributed by atoms with Crippen molar-refractivity contribution in [2.24, 2.45) is 0 Å². The topological polar surface area (TPSA) is 0 Å². The van der Waals surface area contributed by atoms with Crippen LogP contribution in [0.15, 0.2) is 97.1 Å². The first-order chi connectivity index (χ1) is 13.9. The SMILES string of the molecule is C(#Cc1cc2ccccc2cc1C#C[Se]c1ccccc1)[Se]c1ccccc1. The molecule has 0 bridgehead atoms. The number of hydrogen-bond donors (Lipinski definition) is 0. The molecule has 0 radical (unpaired) electrons. The number of rotatable bonds is 2. The van der Waals surface area contributed by atoms with Gasteiger partial charge in [-0.1, -0.05) is 0 Å². The van der Waals surface area contributed by atoms with Crippen molar-refractivity contribution in [3.05, 3.63) is 108 Å². The molecular formula is C26H16Se2. The van der Waals surface area contributed by atoms with Gasteiger partial charge in [0.15, 0.2) is 0 Å². The summed E-state index contributed by atoms with van der Waals surface area (Å²) >= 11 is 0.289.